The van der Waals surface area contributed by atoms with Crippen LogP contribution in [0.1, 0.15) is 73.6 Å². The minimum absolute atomic E-state index is 0.111. The van der Waals surface area contributed by atoms with Crippen molar-refractivity contribution >= 4 is 29.3 Å². The van der Waals surface area contributed by atoms with E-state index >= 15 is 0 Å². The van der Waals surface area contributed by atoms with Gasteiger partial charge in [-0.3, -0.25) is 24.2 Å². The molecular formula is C26H49N7O5. The van der Waals surface area contributed by atoms with E-state index in [4.69, 9.17) is 5.73 Å². The average Bonchev–Trinajstić information content (AvgIpc) is 3.62. The number of amides is 4. The van der Waals surface area contributed by atoms with Crippen LogP contribution >= 0.6 is 0 Å². The van der Waals surface area contributed by atoms with Crippen molar-refractivity contribution < 1.29 is 24.3 Å². The van der Waals surface area contributed by atoms with Crippen LogP contribution in [-0.4, -0.2) is 90.4 Å². The molecule has 4 atom stereocenters. The van der Waals surface area contributed by atoms with Gasteiger partial charge in [0.2, 0.25) is 23.6 Å². The zero-order valence-corrected chi connectivity index (χ0v) is 23.9. The predicted octanol–water partition coefficient (Wildman–Crippen LogP) is -0.654. The third kappa shape index (κ3) is 12.3. The Labute approximate surface area is 226 Å². The number of nitrogens with zero attached hydrogens (tertiary/aromatic N) is 1. The Kier molecular flexibility index (Phi) is 14.4. The normalized spacial score (nSPS) is 17.7. The zero-order valence-electron chi connectivity index (χ0n) is 23.9. The Hall–Kier alpha value is -2.57. The average molecular weight is 540 g/mol. The molecule has 1 aliphatic rings. The number of carbonyl (C=O) groups is 4. The standard InChI is InChI=1S/C26H49N7O5/c1-7-20(14-30-24(36)18(5)28-12-8-9-13-29-23(35)17(4)27)33-22(16(2)3)25(37)31-15-21(34)32-19(6)26(38)10-11-26/h16-19,22,28,38H,7-15,27H2,1-6H3,(H,29,35)(H,30,36)(H,31,37)(H,32,34). The minimum Gasteiger partial charge on any atom is -0.388 e. The van der Waals surface area contributed by atoms with Gasteiger partial charge in [-0.15, -0.1) is 0 Å². The summed E-state index contributed by atoms with van der Waals surface area (Å²) >= 11 is 0. The van der Waals surface area contributed by atoms with Gasteiger partial charge in [0.15, 0.2) is 0 Å². The number of carbonyl (C=O) groups excluding carboxylic acids is 4. The highest BCUT2D eigenvalue weighted by Crippen LogP contribution is 2.38. The van der Waals surface area contributed by atoms with Crippen LogP contribution < -0.4 is 32.3 Å². The monoisotopic (exact) mass is 539 g/mol. The fourth-order valence-corrected chi connectivity index (χ4v) is 3.61. The Bertz CT molecular complexity index is 827. The smallest absolute Gasteiger partial charge is 0.245 e. The van der Waals surface area contributed by atoms with Gasteiger partial charge < -0.3 is 37.4 Å². The lowest BCUT2D eigenvalue weighted by atomic mass is 10.0. The fraction of sp³-hybridized carbons (Fsp3) is 0.808. The molecule has 0 spiro atoms. The highest BCUT2D eigenvalue weighted by Gasteiger charge is 2.46. The molecule has 12 heteroatoms. The maximum atomic E-state index is 12.8. The summed E-state index contributed by atoms with van der Waals surface area (Å²) in [6, 6.07) is -2.00. The van der Waals surface area contributed by atoms with Crippen LogP contribution in [0.25, 0.3) is 0 Å². The second kappa shape index (κ2) is 16.4. The van der Waals surface area contributed by atoms with Gasteiger partial charge in [-0.25, -0.2) is 0 Å². The molecule has 1 saturated carbocycles. The summed E-state index contributed by atoms with van der Waals surface area (Å²) < 4.78 is 0. The van der Waals surface area contributed by atoms with Crippen LogP contribution in [0, 0.1) is 5.92 Å². The van der Waals surface area contributed by atoms with Crippen LogP contribution in [0.15, 0.2) is 4.99 Å². The third-order valence-electron chi connectivity index (χ3n) is 6.63. The van der Waals surface area contributed by atoms with E-state index in [1.807, 2.05) is 20.8 Å². The van der Waals surface area contributed by atoms with E-state index in [1.165, 1.54) is 0 Å². The van der Waals surface area contributed by atoms with E-state index in [9.17, 15) is 24.3 Å². The summed E-state index contributed by atoms with van der Waals surface area (Å²) in [6.45, 7) is 12.0. The highest BCUT2D eigenvalue weighted by molar-refractivity contribution is 5.94. The van der Waals surface area contributed by atoms with Crippen molar-refractivity contribution in [3.8, 4) is 0 Å². The van der Waals surface area contributed by atoms with Gasteiger partial charge in [-0.1, -0.05) is 20.8 Å². The number of hydrogen-bond donors (Lipinski definition) is 7. The number of unbranched alkanes of at least 4 members (excludes halogenated alkanes) is 1. The van der Waals surface area contributed by atoms with Crippen LogP contribution in [0.4, 0.5) is 0 Å². The largest absolute Gasteiger partial charge is 0.388 e. The first kappa shape index (κ1) is 33.5. The van der Waals surface area contributed by atoms with Gasteiger partial charge >= 0.3 is 0 Å². The Morgan fingerprint density at radius 2 is 1.50 bits per heavy atom. The van der Waals surface area contributed by atoms with Gasteiger partial charge in [0.05, 0.1) is 36.8 Å². The molecule has 0 aromatic carbocycles. The van der Waals surface area contributed by atoms with Crippen molar-refractivity contribution in [3.05, 3.63) is 0 Å². The summed E-state index contributed by atoms with van der Waals surface area (Å²) in [7, 11) is 0. The molecule has 12 nitrogen and oxygen atoms in total. The molecule has 218 valence electrons. The molecule has 0 aliphatic heterocycles. The summed E-state index contributed by atoms with van der Waals surface area (Å²) in [5, 5.41) is 24.2. The zero-order chi connectivity index (χ0) is 28.9. The number of rotatable bonds is 18. The second-order valence-electron chi connectivity index (χ2n) is 10.5. The Morgan fingerprint density at radius 1 is 0.895 bits per heavy atom. The first-order valence-electron chi connectivity index (χ1n) is 13.7. The molecule has 1 aliphatic carbocycles. The molecule has 38 heavy (non-hydrogen) atoms. The molecule has 4 unspecified atom stereocenters. The van der Waals surface area contributed by atoms with Gasteiger partial charge in [0.1, 0.15) is 6.04 Å². The molecule has 1 rings (SSSR count). The summed E-state index contributed by atoms with van der Waals surface area (Å²) in [6.07, 6.45) is 3.44. The molecular weight excluding hydrogens is 490 g/mol. The van der Waals surface area contributed by atoms with E-state index < -0.39 is 23.7 Å². The summed E-state index contributed by atoms with van der Waals surface area (Å²) in [4.78, 5) is 53.5. The van der Waals surface area contributed by atoms with Crippen molar-refractivity contribution in [1.29, 1.82) is 0 Å². The van der Waals surface area contributed by atoms with E-state index in [-0.39, 0.29) is 48.7 Å². The molecule has 0 aromatic heterocycles. The lowest BCUT2D eigenvalue weighted by molar-refractivity contribution is -0.128. The van der Waals surface area contributed by atoms with Crippen molar-refractivity contribution in [2.75, 3.05) is 26.2 Å². The number of hydrogen-bond acceptors (Lipinski definition) is 8. The first-order chi connectivity index (χ1) is 17.8. The Morgan fingerprint density at radius 3 is 2.05 bits per heavy atom. The van der Waals surface area contributed by atoms with Crippen molar-refractivity contribution in [2.45, 2.75) is 103 Å². The number of nitrogens with one attached hydrogen (secondary N) is 5. The van der Waals surface area contributed by atoms with Crippen molar-refractivity contribution in [3.63, 3.8) is 0 Å². The van der Waals surface area contributed by atoms with E-state index in [2.05, 4.69) is 31.6 Å². The van der Waals surface area contributed by atoms with Gasteiger partial charge in [-0.2, -0.15) is 0 Å². The Balaban J connectivity index is 2.45. The fourth-order valence-electron chi connectivity index (χ4n) is 3.61. The van der Waals surface area contributed by atoms with Crippen LogP contribution in [0.5, 0.6) is 0 Å². The van der Waals surface area contributed by atoms with E-state index in [1.54, 1.807) is 20.8 Å². The van der Waals surface area contributed by atoms with Gasteiger partial charge in [0.25, 0.3) is 0 Å². The summed E-state index contributed by atoms with van der Waals surface area (Å²) in [5.41, 5.74) is 5.35. The molecule has 0 radical (unpaired) electrons. The van der Waals surface area contributed by atoms with Crippen molar-refractivity contribution in [2.24, 2.45) is 16.6 Å². The SMILES string of the molecule is CCC(CNC(=O)C(C)NCCCCNC(=O)C(C)N)=NC(C(=O)NCC(=O)NC(C)C1(O)CC1)C(C)C. The van der Waals surface area contributed by atoms with Gasteiger partial charge in [0, 0.05) is 12.3 Å². The number of aliphatic imine (C=N–C) groups is 1. The van der Waals surface area contributed by atoms with Crippen LogP contribution in [0.3, 0.4) is 0 Å². The molecule has 0 heterocycles. The molecule has 0 saturated heterocycles. The quantitative estimate of drug-likeness (QED) is 0.0890. The van der Waals surface area contributed by atoms with Crippen molar-refractivity contribution in [1.82, 2.24) is 26.6 Å². The van der Waals surface area contributed by atoms with Crippen LogP contribution in [0.2, 0.25) is 0 Å². The predicted molar refractivity (Wildman–Crippen MR) is 148 cm³/mol. The number of aliphatic hydroxyl groups is 1. The lowest BCUT2D eigenvalue weighted by Gasteiger charge is -2.21. The third-order valence-corrected chi connectivity index (χ3v) is 6.63. The van der Waals surface area contributed by atoms with E-state index in [0.717, 1.165) is 12.8 Å². The minimum atomic E-state index is -0.833. The van der Waals surface area contributed by atoms with E-state index in [0.29, 0.717) is 38.1 Å². The maximum absolute atomic E-state index is 12.8. The first-order valence-corrected chi connectivity index (χ1v) is 13.7. The topological polar surface area (TPSA) is 187 Å². The van der Waals surface area contributed by atoms with Crippen LogP contribution in [-0.2, 0) is 19.2 Å². The highest BCUT2D eigenvalue weighted by atomic mass is 16.3. The second-order valence-corrected chi connectivity index (χ2v) is 10.5. The maximum Gasteiger partial charge on any atom is 0.245 e. The molecule has 4 amide bonds. The molecule has 1 fully saturated rings. The molecule has 0 aromatic rings. The molecule has 8 N–H and O–H groups in total. The van der Waals surface area contributed by atoms with Gasteiger partial charge in [-0.05, 0) is 65.3 Å². The molecule has 0 bridgehead atoms. The summed E-state index contributed by atoms with van der Waals surface area (Å²) in [5.74, 6) is -1.19. The lowest BCUT2D eigenvalue weighted by Crippen LogP contribution is -2.48. The number of nitrogens with two attached hydrogens (primary N) is 1.